The average molecular weight is 444 g/mol. The van der Waals surface area contributed by atoms with Crippen molar-refractivity contribution in [2.75, 3.05) is 17.2 Å². The molecule has 3 amide bonds. The number of hydrogen-bond donors (Lipinski definition) is 3. The fourth-order valence-electron chi connectivity index (χ4n) is 2.95. The average Bonchev–Trinajstić information content (AvgIpc) is 2.81. The maximum Gasteiger partial charge on any atom is 0.329 e. The Bertz CT molecular complexity index is 1160. The van der Waals surface area contributed by atoms with E-state index in [4.69, 9.17) is 4.74 Å². The number of hydrazone groups is 1. The van der Waals surface area contributed by atoms with Gasteiger partial charge in [-0.1, -0.05) is 48.5 Å². The fraction of sp³-hybridized carbons (Fsp3) is 0.120. The van der Waals surface area contributed by atoms with Gasteiger partial charge in [0.05, 0.1) is 6.21 Å². The van der Waals surface area contributed by atoms with Gasteiger partial charge in [-0.3, -0.25) is 14.4 Å². The molecule has 0 radical (unpaired) electrons. The second kappa shape index (κ2) is 11.2. The van der Waals surface area contributed by atoms with Crippen molar-refractivity contribution in [3.05, 3.63) is 89.5 Å². The first kappa shape index (κ1) is 23.2. The molecule has 0 saturated heterocycles. The van der Waals surface area contributed by atoms with Gasteiger partial charge >= 0.3 is 11.8 Å². The molecule has 0 aliphatic carbocycles. The zero-order chi connectivity index (χ0) is 23.6. The van der Waals surface area contributed by atoms with E-state index < -0.39 is 11.8 Å². The van der Waals surface area contributed by atoms with E-state index in [1.165, 1.54) is 6.21 Å². The Kier molecular flexibility index (Phi) is 7.91. The zero-order valence-electron chi connectivity index (χ0n) is 18.3. The van der Waals surface area contributed by atoms with E-state index in [-0.39, 0.29) is 12.5 Å². The number of aryl methyl sites for hydroxylation is 2. The minimum atomic E-state index is -0.890. The summed E-state index contributed by atoms with van der Waals surface area (Å²) in [4.78, 5) is 36.2. The van der Waals surface area contributed by atoms with E-state index >= 15 is 0 Å². The van der Waals surface area contributed by atoms with Crippen LogP contribution in [0.1, 0.15) is 16.7 Å². The lowest BCUT2D eigenvalue weighted by Gasteiger charge is -2.10. The second-order valence-electron chi connectivity index (χ2n) is 7.20. The number of anilines is 2. The summed E-state index contributed by atoms with van der Waals surface area (Å²) in [7, 11) is 0. The van der Waals surface area contributed by atoms with E-state index in [2.05, 4.69) is 21.2 Å². The van der Waals surface area contributed by atoms with Gasteiger partial charge in [0.1, 0.15) is 5.75 Å². The lowest BCUT2D eigenvalue weighted by Crippen LogP contribution is -2.32. The molecule has 0 fully saturated rings. The Hall–Kier alpha value is -4.46. The van der Waals surface area contributed by atoms with Gasteiger partial charge in [0, 0.05) is 11.4 Å². The van der Waals surface area contributed by atoms with Crippen LogP contribution in [0.25, 0.3) is 0 Å². The quantitative estimate of drug-likeness (QED) is 0.295. The van der Waals surface area contributed by atoms with Crippen LogP contribution in [-0.2, 0) is 14.4 Å². The summed E-state index contributed by atoms with van der Waals surface area (Å²) in [6.45, 7) is 3.53. The van der Waals surface area contributed by atoms with Crippen molar-refractivity contribution < 1.29 is 19.1 Å². The largest absolute Gasteiger partial charge is 0.484 e. The zero-order valence-corrected chi connectivity index (χ0v) is 18.3. The number of para-hydroxylation sites is 2. The van der Waals surface area contributed by atoms with Crippen molar-refractivity contribution >= 4 is 35.3 Å². The first-order valence-corrected chi connectivity index (χ1v) is 10.2. The maximum absolute atomic E-state index is 12.1. The molecule has 8 heteroatoms. The molecule has 0 bridgehead atoms. The molecule has 8 nitrogen and oxygen atoms in total. The summed E-state index contributed by atoms with van der Waals surface area (Å²) in [5.41, 5.74) is 5.81. The molecule has 0 aromatic heterocycles. The van der Waals surface area contributed by atoms with Gasteiger partial charge in [0.15, 0.2) is 6.61 Å². The predicted molar refractivity (Wildman–Crippen MR) is 127 cm³/mol. The first-order chi connectivity index (χ1) is 15.9. The molecule has 0 atom stereocenters. The van der Waals surface area contributed by atoms with E-state index in [9.17, 15) is 14.4 Å². The summed E-state index contributed by atoms with van der Waals surface area (Å²) in [6, 6.07) is 21.5. The molecule has 3 aromatic carbocycles. The lowest BCUT2D eigenvalue weighted by molar-refractivity contribution is -0.136. The van der Waals surface area contributed by atoms with Gasteiger partial charge in [-0.25, -0.2) is 5.43 Å². The fourth-order valence-corrected chi connectivity index (χ4v) is 2.95. The van der Waals surface area contributed by atoms with Gasteiger partial charge in [0.25, 0.3) is 5.91 Å². The highest BCUT2D eigenvalue weighted by atomic mass is 16.5. The highest BCUT2D eigenvalue weighted by molar-refractivity contribution is 6.39. The third-order valence-electron chi connectivity index (χ3n) is 4.59. The first-order valence-electron chi connectivity index (χ1n) is 10.2. The van der Waals surface area contributed by atoms with Gasteiger partial charge in [-0.15, -0.1) is 0 Å². The molecule has 0 heterocycles. The molecule has 0 aliphatic heterocycles. The normalized spacial score (nSPS) is 10.5. The third-order valence-corrected chi connectivity index (χ3v) is 4.59. The minimum Gasteiger partial charge on any atom is -0.484 e. The summed E-state index contributed by atoms with van der Waals surface area (Å²) in [5, 5.41) is 9.15. The molecule has 0 spiro atoms. The number of amides is 3. The molecule has 33 heavy (non-hydrogen) atoms. The van der Waals surface area contributed by atoms with E-state index in [1.54, 1.807) is 36.4 Å². The summed E-state index contributed by atoms with van der Waals surface area (Å²) in [5.74, 6) is -1.53. The second-order valence-corrected chi connectivity index (χ2v) is 7.20. The maximum atomic E-state index is 12.1. The highest BCUT2D eigenvalue weighted by Gasteiger charge is 2.15. The molecular formula is C25H24N4O4. The van der Waals surface area contributed by atoms with Crippen molar-refractivity contribution in [2.45, 2.75) is 13.8 Å². The highest BCUT2D eigenvalue weighted by Crippen LogP contribution is 2.19. The molecule has 3 aromatic rings. The standard InChI is InChI=1S/C25H24N4O4/c1-17-8-6-9-18(2)23(17)28-24(31)25(32)29-26-15-19-10-7-13-21(14-19)33-16-22(30)27-20-11-4-3-5-12-20/h3-15H,16H2,1-2H3,(H,27,30)(H,28,31)(H,29,32)/b26-15-. The Morgan fingerprint density at radius 1 is 0.848 bits per heavy atom. The number of nitrogens with one attached hydrogen (secondary N) is 3. The predicted octanol–water partition coefficient (Wildman–Crippen LogP) is 3.41. The van der Waals surface area contributed by atoms with Crippen LogP contribution in [0.3, 0.4) is 0 Å². The van der Waals surface area contributed by atoms with Crippen molar-refractivity contribution in [2.24, 2.45) is 5.10 Å². The van der Waals surface area contributed by atoms with Crippen LogP contribution in [0.15, 0.2) is 77.9 Å². The number of rotatable bonds is 7. The summed E-state index contributed by atoms with van der Waals surface area (Å²) in [6.07, 6.45) is 1.38. The van der Waals surface area contributed by atoms with Crippen LogP contribution in [0.5, 0.6) is 5.75 Å². The lowest BCUT2D eigenvalue weighted by atomic mass is 10.1. The summed E-state index contributed by atoms with van der Waals surface area (Å²) >= 11 is 0. The third kappa shape index (κ3) is 7.03. The van der Waals surface area contributed by atoms with Gasteiger partial charge in [0.2, 0.25) is 0 Å². The Labute approximate surface area is 191 Å². The van der Waals surface area contributed by atoms with Crippen LogP contribution < -0.4 is 20.8 Å². The molecule has 0 unspecified atom stereocenters. The SMILES string of the molecule is Cc1cccc(C)c1NC(=O)C(=O)N/N=C\c1cccc(OCC(=O)Nc2ccccc2)c1. The van der Waals surface area contributed by atoms with E-state index in [0.717, 1.165) is 11.1 Å². The molecule has 3 N–H and O–H groups in total. The molecule has 0 saturated carbocycles. The van der Waals surface area contributed by atoms with Crippen molar-refractivity contribution in [3.8, 4) is 5.75 Å². The van der Waals surface area contributed by atoms with Gasteiger partial charge in [-0.05, 0) is 54.8 Å². The molecule has 3 rings (SSSR count). The minimum absolute atomic E-state index is 0.162. The van der Waals surface area contributed by atoms with Crippen LogP contribution in [0, 0.1) is 13.8 Å². The van der Waals surface area contributed by atoms with E-state index in [1.807, 2.05) is 50.2 Å². The Balaban J connectivity index is 1.50. The number of ether oxygens (including phenoxy) is 1. The number of hydrogen-bond acceptors (Lipinski definition) is 5. The van der Waals surface area contributed by atoms with Crippen molar-refractivity contribution in [1.82, 2.24) is 5.43 Å². The van der Waals surface area contributed by atoms with Crippen LogP contribution in [-0.4, -0.2) is 30.5 Å². The van der Waals surface area contributed by atoms with Crippen LogP contribution >= 0.6 is 0 Å². The van der Waals surface area contributed by atoms with Crippen molar-refractivity contribution in [3.63, 3.8) is 0 Å². The number of nitrogens with zero attached hydrogens (tertiary/aromatic N) is 1. The topological polar surface area (TPSA) is 109 Å². The molecular weight excluding hydrogens is 420 g/mol. The smallest absolute Gasteiger partial charge is 0.329 e. The Morgan fingerprint density at radius 2 is 1.55 bits per heavy atom. The molecule has 0 aliphatic rings. The molecule has 168 valence electrons. The number of benzene rings is 3. The Morgan fingerprint density at radius 3 is 2.27 bits per heavy atom. The number of carbonyl (C=O) groups excluding carboxylic acids is 3. The van der Waals surface area contributed by atoms with Crippen LogP contribution in [0.2, 0.25) is 0 Å². The van der Waals surface area contributed by atoms with Crippen LogP contribution in [0.4, 0.5) is 11.4 Å². The monoisotopic (exact) mass is 444 g/mol. The summed E-state index contributed by atoms with van der Waals surface area (Å²) < 4.78 is 5.51. The van der Waals surface area contributed by atoms with E-state index in [0.29, 0.717) is 22.7 Å². The van der Waals surface area contributed by atoms with Gasteiger partial charge in [-0.2, -0.15) is 5.10 Å². The van der Waals surface area contributed by atoms with Gasteiger partial charge < -0.3 is 15.4 Å². The van der Waals surface area contributed by atoms with Crippen molar-refractivity contribution in [1.29, 1.82) is 0 Å². The number of carbonyl (C=O) groups is 3.